The van der Waals surface area contributed by atoms with E-state index in [1.807, 2.05) is 54.6 Å². The van der Waals surface area contributed by atoms with Gasteiger partial charge in [0.15, 0.2) is 0 Å². The molecule has 0 radical (unpaired) electrons. The summed E-state index contributed by atoms with van der Waals surface area (Å²) >= 11 is 6.19. The molecule has 25 heavy (non-hydrogen) atoms. The lowest BCUT2D eigenvalue weighted by molar-refractivity contribution is 0.477. The van der Waals surface area contributed by atoms with Gasteiger partial charge in [0.25, 0.3) is 0 Å². The van der Waals surface area contributed by atoms with Gasteiger partial charge in [-0.05, 0) is 35.9 Å². The standard InChI is InChI=1S/C21H15ClN2O/c22-15-10-11-18-16(12-15)17(13-23-19-8-4-5-9-20(19)25)21(24-18)14-6-2-1-3-7-14/h1-13,24-25H. The fourth-order valence-electron chi connectivity index (χ4n) is 2.86. The third-order valence-corrected chi connectivity index (χ3v) is 4.31. The number of nitrogens with zero attached hydrogens (tertiary/aromatic N) is 1. The van der Waals surface area contributed by atoms with Crippen LogP contribution in [0.1, 0.15) is 5.56 Å². The predicted octanol–water partition coefficient (Wildman–Crippen LogP) is 5.94. The van der Waals surface area contributed by atoms with Crippen LogP contribution in [0.25, 0.3) is 22.2 Å². The van der Waals surface area contributed by atoms with Crippen molar-refractivity contribution in [3.05, 3.63) is 83.4 Å². The SMILES string of the molecule is Oc1ccccc1N=Cc1c(-c2ccccc2)[nH]c2ccc(Cl)cc12. The minimum Gasteiger partial charge on any atom is -0.506 e. The Morgan fingerprint density at radius 3 is 2.48 bits per heavy atom. The summed E-state index contributed by atoms with van der Waals surface area (Å²) in [5, 5.41) is 11.6. The first-order valence-corrected chi connectivity index (χ1v) is 8.29. The molecule has 1 aromatic heterocycles. The first kappa shape index (κ1) is 15.5. The molecule has 0 saturated heterocycles. The first-order valence-electron chi connectivity index (χ1n) is 7.91. The molecule has 0 aliphatic heterocycles. The van der Waals surface area contributed by atoms with E-state index in [2.05, 4.69) is 9.98 Å². The maximum Gasteiger partial charge on any atom is 0.141 e. The van der Waals surface area contributed by atoms with E-state index in [-0.39, 0.29) is 5.75 Å². The van der Waals surface area contributed by atoms with Crippen LogP contribution in [0.15, 0.2) is 77.8 Å². The lowest BCUT2D eigenvalue weighted by atomic mass is 10.1. The summed E-state index contributed by atoms with van der Waals surface area (Å²) in [4.78, 5) is 7.92. The number of hydrogen-bond donors (Lipinski definition) is 2. The van der Waals surface area contributed by atoms with Gasteiger partial charge >= 0.3 is 0 Å². The van der Waals surface area contributed by atoms with Crippen molar-refractivity contribution in [2.24, 2.45) is 4.99 Å². The second kappa shape index (κ2) is 6.46. The lowest BCUT2D eigenvalue weighted by Gasteiger charge is -2.01. The lowest BCUT2D eigenvalue weighted by Crippen LogP contribution is -1.85. The molecule has 0 aliphatic rings. The van der Waals surface area contributed by atoms with Gasteiger partial charge < -0.3 is 10.1 Å². The van der Waals surface area contributed by atoms with Crippen molar-refractivity contribution in [3.63, 3.8) is 0 Å². The topological polar surface area (TPSA) is 48.4 Å². The number of nitrogens with one attached hydrogen (secondary N) is 1. The Bertz CT molecular complexity index is 1070. The number of H-pyrrole nitrogens is 1. The van der Waals surface area contributed by atoms with Crippen molar-refractivity contribution in [1.82, 2.24) is 4.98 Å². The smallest absolute Gasteiger partial charge is 0.141 e. The van der Waals surface area contributed by atoms with Crippen molar-refractivity contribution in [2.75, 3.05) is 0 Å². The number of aliphatic imine (C=N–C) groups is 1. The van der Waals surface area contributed by atoms with Gasteiger partial charge in [-0.2, -0.15) is 0 Å². The zero-order valence-electron chi connectivity index (χ0n) is 13.3. The van der Waals surface area contributed by atoms with E-state index < -0.39 is 0 Å². The molecule has 0 saturated carbocycles. The van der Waals surface area contributed by atoms with Crippen molar-refractivity contribution in [3.8, 4) is 17.0 Å². The Hall–Kier alpha value is -3.04. The Labute approximate surface area is 150 Å². The number of aromatic amines is 1. The van der Waals surface area contributed by atoms with Crippen molar-refractivity contribution < 1.29 is 5.11 Å². The molecule has 4 aromatic rings. The van der Waals surface area contributed by atoms with Crippen LogP contribution in [0.3, 0.4) is 0 Å². The number of benzene rings is 3. The Balaban J connectivity index is 1.91. The second-order valence-corrected chi connectivity index (χ2v) is 6.15. The molecule has 0 amide bonds. The summed E-state index contributed by atoms with van der Waals surface area (Å²) < 4.78 is 0. The van der Waals surface area contributed by atoms with Crippen molar-refractivity contribution >= 4 is 34.4 Å². The van der Waals surface area contributed by atoms with E-state index in [0.29, 0.717) is 10.7 Å². The Morgan fingerprint density at radius 1 is 0.920 bits per heavy atom. The first-order chi connectivity index (χ1) is 12.2. The molecule has 3 nitrogen and oxygen atoms in total. The third-order valence-electron chi connectivity index (χ3n) is 4.08. The Kier molecular flexibility index (Phi) is 4.00. The molecular formula is C21H15ClN2O. The highest BCUT2D eigenvalue weighted by molar-refractivity contribution is 6.31. The zero-order valence-corrected chi connectivity index (χ0v) is 14.0. The number of hydrogen-bond acceptors (Lipinski definition) is 2. The maximum absolute atomic E-state index is 9.94. The van der Waals surface area contributed by atoms with Crippen molar-refractivity contribution in [2.45, 2.75) is 0 Å². The number of fused-ring (bicyclic) bond motifs is 1. The number of para-hydroxylation sites is 2. The van der Waals surface area contributed by atoms with Crippen LogP contribution in [0.5, 0.6) is 5.75 Å². The van der Waals surface area contributed by atoms with Gasteiger partial charge in [-0.1, -0.05) is 54.1 Å². The van der Waals surface area contributed by atoms with E-state index in [4.69, 9.17) is 11.6 Å². The third kappa shape index (κ3) is 3.02. The van der Waals surface area contributed by atoms with E-state index in [9.17, 15) is 5.11 Å². The summed E-state index contributed by atoms with van der Waals surface area (Å²) in [6, 6.07) is 22.8. The van der Waals surface area contributed by atoms with Crippen LogP contribution in [-0.2, 0) is 0 Å². The number of aromatic nitrogens is 1. The monoisotopic (exact) mass is 346 g/mol. The number of halogens is 1. The molecule has 1 heterocycles. The van der Waals surface area contributed by atoms with E-state index >= 15 is 0 Å². The van der Waals surface area contributed by atoms with Crippen LogP contribution >= 0.6 is 11.6 Å². The average molecular weight is 347 g/mol. The summed E-state index contributed by atoms with van der Waals surface area (Å²) in [5.41, 5.74) is 4.48. The minimum absolute atomic E-state index is 0.151. The van der Waals surface area contributed by atoms with Gasteiger partial charge in [0.2, 0.25) is 0 Å². The van der Waals surface area contributed by atoms with Gasteiger partial charge in [-0.3, -0.25) is 4.99 Å². The fourth-order valence-corrected chi connectivity index (χ4v) is 3.03. The molecule has 0 atom stereocenters. The number of phenols is 1. The van der Waals surface area contributed by atoms with Gasteiger partial charge in [-0.25, -0.2) is 0 Å². The molecule has 0 fully saturated rings. The second-order valence-electron chi connectivity index (χ2n) is 5.72. The molecule has 0 unspecified atom stereocenters. The molecular weight excluding hydrogens is 332 g/mol. The van der Waals surface area contributed by atoms with Crippen LogP contribution in [0.4, 0.5) is 5.69 Å². The number of aromatic hydroxyl groups is 1. The molecule has 0 bridgehead atoms. The summed E-state index contributed by atoms with van der Waals surface area (Å²) in [6.45, 7) is 0. The highest BCUT2D eigenvalue weighted by Gasteiger charge is 2.12. The van der Waals surface area contributed by atoms with E-state index in [0.717, 1.165) is 27.7 Å². The van der Waals surface area contributed by atoms with E-state index in [1.165, 1.54) is 0 Å². The molecule has 0 aliphatic carbocycles. The normalized spacial score (nSPS) is 11.4. The predicted molar refractivity (Wildman–Crippen MR) is 104 cm³/mol. The van der Waals surface area contributed by atoms with Crippen LogP contribution < -0.4 is 0 Å². The zero-order chi connectivity index (χ0) is 17.2. The van der Waals surface area contributed by atoms with Crippen molar-refractivity contribution in [1.29, 1.82) is 0 Å². The summed E-state index contributed by atoms with van der Waals surface area (Å²) in [5.74, 6) is 0.151. The minimum atomic E-state index is 0.151. The maximum atomic E-state index is 9.94. The molecule has 122 valence electrons. The van der Waals surface area contributed by atoms with Crippen LogP contribution in [0, 0.1) is 0 Å². The summed E-state index contributed by atoms with van der Waals surface area (Å²) in [6.07, 6.45) is 1.77. The number of rotatable bonds is 3. The summed E-state index contributed by atoms with van der Waals surface area (Å²) in [7, 11) is 0. The highest BCUT2D eigenvalue weighted by Crippen LogP contribution is 2.32. The average Bonchev–Trinajstić information content (AvgIpc) is 2.99. The van der Waals surface area contributed by atoms with Crippen LogP contribution in [-0.4, -0.2) is 16.3 Å². The van der Waals surface area contributed by atoms with Crippen LogP contribution in [0.2, 0.25) is 5.02 Å². The Morgan fingerprint density at radius 2 is 1.68 bits per heavy atom. The largest absolute Gasteiger partial charge is 0.506 e. The van der Waals surface area contributed by atoms with Gasteiger partial charge in [0.05, 0.1) is 5.69 Å². The molecule has 4 rings (SSSR count). The van der Waals surface area contributed by atoms with E-state index in [1.54, 1.807) is 24.4 Å². The quantitative estimate of drug-likeness (QED) is 0.443. The highest BCUT2D eigenvalue weighted by atomic mass is 35.5. The molecule has 0 spiro atoms. The molecule has 3 aromatic carbocycles. The fraction of sp³-hybridized carbons (Fsp3) is 0. The van der Waals surface area contributed by atoms with Gasteiger partial charge in [-0.15, -0.1) is 0 Å². The number of phenolic OH excluding ortho intramolecular Hbond substituents is 1. The molecule has 2 N–H and O–H groups in total. The van der Waals surface area contributed by atoms with Gasteiger partial charge in [0.1, 0.15) is 11.4 Å². The molecule has 4 heteroatoms. The van der Waals surface area contributed by atoms with Gasteiger partial charge in [0, 0.05) is 27.7 Å².